The maximum atomic E-state index is 5.37. The van der Waals surface area contributed by atoms with E-state index < -0.39 is 0 Å². The Hall–Kier alpha value is -0.510. The molecule has 1 aromatic rings. The van der Waals surface area contributed by atoms with Crippen LogP contribution in [0.5, 0.6) is 5.88 Å². The van der Waals surface area contributed by atoms with Crippen LogP contribution in [0.2, 0.25) is 0 Å². The molecule has 0 bridgehead atoms. The first kappa shape index (κ1) is 15.0. The molecule has 2 N–H and O–H groups in total. The summed E-state index contributed by atoms with van der Waals surface area (Å²) in [7, 11) is 1.61. The van der Waals surface area contributed by atoms with Gasteiger partial charge in [-0.15, -0.1) is 24.8 Å². The number of hydrogen-bond acceptors (Lipinski definition) is 3. The second kappa shape index (κ2) is 8.10. The van der Waals surface area contributed by atoms with E-state index in [4.69, 9.17) is 10.5 Å². The molecular weight excluding hydrogens is 211 g/mol. The molecule has 0 unspecified atom stereocenters. The fourth-order valence-electron chi connectivity index (χ4n) is 0.858. The summed E-state index contributed by atoms with van der Waals surface area (Å²) in [4.78, 5) is 4.18. The normalized spacial score (nSPS) is 8.15. The van der Waals surface area contributed by atoms with Gasteiger partial charge in [-0.3, -0.25) is 0 Å². The molecule has 0 spiro atoms. The fraction of sp³-hybridized carbons (Fsp3) is 0.375. The van der Waals surface area contributed by atoms with Crippen LogP contribution in [0.3, 0.4) is 0 Å². The van der Waals surface area contributed by atoms with E-state index in [-0.39, 0.29) is 24.8 Å². The van der Waals surface area contributed by atoms with Crippen LogP contribution in [0.4, 0.5) is 0 Å². The van der Waals surface area contributed by atoms with E-state index in [1.165, 1.54) is 0 Å². The zero-order valence-electron chi connectivity index (χ0n) is 7.40. The van der Waals surface area contributed by atoms with Crippen molar-refractivity contribution in [1.29, 1.82) is 0 Å². The minimum Gasteiger partial charge on any atom is -0.481 e. The number of rotatable bonds is 3. The molecule has 1 heterocycles. The summed E-state index contributed by atoms with van der Waals surface area (Å²) in [6, 6.07) is 5.67. The van der Waals surface area contributed by atoms with Crippen LogP contribution < -0.4 is 10.5 Å². The lowest BCUT2D eigenvalue weighted by molar-refractivity contribution is 0.396. The van der Waals surface area contributed by atoms with E-state index in [0.717, 1.165) is 12.1 Å². The van der Waals surface area contributed by atoms with E-state index in [0.29, 0.717) is 12.4 Å². The highest BCUT2D eigenvalue weighted by Gasteiger charge is 1.94. The van der Waals surface area contributed by atoms with Crippen molar-refractivity contribution in [2.24, 2.45) is 5.73 Å². The lowest BCUT2D eigenvalue weighted by atomic mass is 10.3. The molecular formula is C8H14Cl2N2O. The van der Waals surface area contributed by atoms with Crippen LogP contribution in [-0.4, -0.2) is 18.6 Å². The molecule has 76 valence electrons. The van der Waals surface area contributed by atoms with Gasteiger partial charge in [0.2, 0.25) is 5.88 Å². The zero-order chi connectivity index (χ0) is 8.10. The monoisotopic (exact) mass is 224 g/mol. The first-order chi connectivity index (χ1) is 5.36. The third-order valence-corrected chi connectivity index (χ3v) is 1.39. The second-order valence-electron chi connectivity index (χ2n) is 2.21. The van der Waals surface area contributed by atoms with E-state index in [1.807, 2.05) is 18.2 Å². The number of nitrogens with zero attached hydrogens (tertiary/aromatic N) is 1. The third kappa shape index (κ3) is 4.93. The Morgan fingerprint density at radius 1 is 1.38 bits per heavy atom. The Morgan fingerprint density at radius 2 is 2.08 bits per heavy atom. The second-order valence-corrected chi connectivity index (χ2v) is 2.21. The standard InChI is InChI=1S/C8H12N2O.2ClH/c1-11-8-4-2-3-7(10-8)5-6-9;;/h2-4H,5-6,9H2,1H3;2*1H. The molecule has 0 atom stereocenters. The third-order valence-electron chi connectivity index (χ3n) is 1.39. The number of hydrogen-bond donors (Lipinski definition) is 1. The van der Waals surface area contributed by atoms with E-state index in [2.05, 4.69) is 4.98 Å². The molecule has 0 amide bonds. The molecule has 0 radical (unpaired) electrons. The molecule has 0 fully saturated rings. The molecule has 3 nitrogen and oxygen atoms in total. The first-order valence-electron chi connectivity index (χ1n) is 3.57. The topological polar surface area (TPSA) is 48.1 Å². The van der Waals surface area contributed by atoms with Crippen LogP contribution in [0.15, 0.2) is 18.2 Å². The van der Waals surface area contributed by atoms with Crippen molar-refractivity contribution in [2.75, 3.05) is 13.7 Å². The van der Waals surface area contributed by atoms with Crippen LogP contribution in [0.25, 0.3) is 0 Å². The van der Waals surface area contributed by atoms with Crippen molar-refractivity contribution >= 4 is 24.8 Å². The van der Waals surface area contributed by atoms with Gasteiger partial charge in [0.15, 0.2) is 0 Å². The number of aromatic nitrogens is 1. The lowest BCUT2D eigenvalue weighted by Crippen LogP contribution is -2.04. The van der Waals surface area contributed by atoms with Crippen LogP contribution >= 0.6 is 24.8 Å². The molecule has 0 aliphatic rings. The zero-order valence-corrected chi connectivity index (χ0v) is 9.03. The Kier molecular flexibility index (Phi) is 9.34. The van der Waals surface area contributed by atoms with Gasteiger partial charge < -0.3 is 10.5 Å². The van der Waals surface area contributed by atoms with Crippen molar-refractivity contribution in [3.63, 3.8) is 0 Å². The number of nitrogens with two attached hydrogens (primary N) is 1. The van der Waals surface area contributed by atoms with Crippen LogP contribution in [-0.2, 0) is 6.42 Å². The summed E-state index contributed by atoms with van der Waals surface area (Å²) in [6.45, 7) is 0.625. The van der Waals surface area contributed by atoms with Gasteiger partial charge in [0.1, 0.15) is 0 Å². The van der Waals surface area contributed by atoms with E-state index in [9.17, 15) is 0 Å². The van der Waals surface area contributed by atoms with Crippen molar-refractivity contribution in [2.45, 2.75) is 6.42 Å². The van der Waals surface area contributed by atoms with Crippen LogP contribution in [0, 0.1) is 0 Å². The van der Waals surface area contributed by atoms with Crippen molar-refractivity contribution in [3.05, 3.63) is 23.9 Å². The van der Waals surface area contributed by atoms with E-state index >= 15 is 0 Å². The fourth-order valence-corrected chi connectivity index (χ4v) is 0.858. The largest absolute Gasteiger partial charge is 0.481 e. The smallest absolute Gasteiger partial charge is 0.213 e. The molecule has 0 aromatic carbocycles. The van der Waals surface area contributed by atoms with E-state index in [1.54, 1.807) is 7.11 Å². The van der Waals surface area contributed by atoms with Gasteiger partial charge in [0, 0.05) is 18.2 Å². The Morgan fingerprint density at radius 3 is 2.62 bits per heavy atom. The summed E-state index contributed by atoms with van der Waals surface area (Å²) in [5.74, 6) is 0.649. The van der Waals surface area contributed by atoms with Gasteiger partial charge in [-0.05, 0) is 12.6 Å². The molecule has 0 saturated heterocycles. The highest BCUT2D eigenvalue weighted by Crippen LogP contribution is 2.06. The summed E-state index contributed by atoms with van der Waals surface area (Å²) < 4.78 is 4.95. The van der Waals surface area contributed by atoms with Gasteiger partial charge in [0.05, 0.1) is 7.11 Å². The molecule has 1 aromatic heterocycles. The number of methoxy groups -OCH3 is 1. The Balaban J connectivity index is 0. The number of pyridine rings is 1. The minimum atomic E-state index is 0. The van der Waals surface area contributed by atoms with Gasteiger partial charge in [-0.1, -0.05) is 6.07 Å². The number of halogens is 2. The maximum absolute atomic E-state index is 5.37. The molecule has 0 aliphatic carbocycles. The minimum absolute atomic E-state index is 0. The molecule has 13 heavy (non-hydrogen) atoms. The maximum Gasteiger partial charge on any atom is 0.213 e. The predicted octanol–water partition coefficient (Wildman–Crippen LogP) is 1.43. The summed E-state index contributed by atoms with van der Waals surface area (Å²) in [5.41, 5.74) is 6.35. The summed E-state index contributed by atoms with van der Waals surface area (Å²) in [6.07, 6.45) is 0.803. The highest BCUT2D eigenvalue weighted by molar-refractivity contribution is 5.85. The van der Waals surface area contributed by atoms with Crippen molar-refractivity contribution in [3.8, 4) is 5.88 Å². The summed E-state index contributed by atoms with van der Waals surface area (Å²) >= 11 is 0. The molecule has 5 heteroatoms. The lowest BCUT2D eigenvalue weighted by Gasteiger charge is -2.00. The molecule has 1 rings (SSSR count). The van der Waals surface area contributed by atoms with Gasteiger partial charge in [-0.2, -0.15) is 0 Å². The first-order valence-corrected chi connectivity index (χ1v) is 3.57. The Labute approximate surface area is 90.5 Å². The average molecular weight is 225 g/mol. The van der Waals surface area contributed by atoms with Gasteiger partial charge >= 0.3 is 0 Å². The SMILES string of the molecule is COc1cccc(CCN)n1.Cl.Cl. The molecule has 0 saturated carbocycles. The van der Waals surface area contributed by atoms with Crippen molar-refractivity contribution < 1.29 is 4.74 Å². The Bertz CT molecular complexity index is 233. The highest BCUT2D eigenvalue weighted by atomic mass is 35.5. The van der Waals surface area contributed by atoms with Crippen molar-refractivity contribution in [1.82, 2.24) is 4.98 Å². The van der Waals surface area contributed by atoms with Gasteiger partial charge in [0.25, 0.3) is 0 Å². The number of ether oxygens (including phenoxy) is 1. The van der Waals surface area contributed by atoms with Gasteiger partial charge in [-0.25, -0.2) is 4.98 Å². The summed E-state index contributed by atoms with van der Waals surface area (Å²) in [5, 5.41) is 0. The average Bonchev–Trinajstić information content (AvgIpc) is 2.06. The van der Waals surface area contributed by atoms with Crippen LogP contribution in [0.1, 0.15) is 5.69 Å². The molecule has 0 aliphatic heterocycles. The predicted molar refractivity (Wildman–Crippen MR) is 58.0 cm³/mol. The quantitative estimate of drug-likeness (QED) is 0.846.